The Bertz CT molecular complexity index is 723. The van der Waals surface area contributed by atoms with E-state index < -0.39 is 0 Å². The number of nitrogens with zero attached hydrogens (tertiary/aromatic N) is 1. The van der Waals surface area contributed by atoms with E-state index in [9.17, 15) is 4.39 Å². The van der Waals surface area contributed by atoms with Gasteiger partial charge in [-0.3, -0.25) is 0 Å². The van der Waals surface area contributed by atoms with E-state index in [1.165, 1.54) is 6.07 Å². The summed E-state index contributed by atoms with van der Waals surface area (Å²) in [7, 11) is 1.58. The highest BCUT2D eigenvalue weighted by atomic mass is 35.5. The molecule has 0 aliphatic heterocycles. The first kappa shape index (κ1) is 21.5. The molecule has 6 heteroatoms. The largest absolute Gasteiger partial charge is 0.493 e. The molecule has 0 aliphatic carbocycles. The third-order valence-corrected chi connectivity index (χ3v) is 4.84. The van der Waals surface area contributed by atoms with Crippen molar-refractivity contribution >= 4 is 11.6 Å². The maximum Gasteiger partial charge on any atom is 0.163 e. The Hall–Kier alpha value is -1.82. The van der Waals surface area contributed by atoms with Gasteiger partial charge >= 0.3 is 0 Å². The van der Waals surface area contributed by atoms with Crippen LogP contribution >= 0.6 is 11.6 Å². The molecule has 0 aromatic heterocycles. The molecule has 4 nitrogen and oxygen atoms in total. The Balaban J connectivity index is 1.98. The van der Waals surface area contributed by atoms with Crippen molar-refractivity contribution in [2.24, 2.45) is 0 Å². The number of hydrogen-bond donors (Lipinski definition) is 1. The second kappa shape index (κ2) is 11.1. The standard InChI is InChI=1S/C21H28ClFN2O2/c1-4-25(5-2)11-10-24-14-17-12-20(26-3)21(13-18(17)22)27-15-16-8-6-7-9-19(16)23/h6-9,12-13,24H,4-5,10-11,14-15H2,1-3H3. The maximum absolute atomic E-state index is 13.8. The van der Waals surface area contributed by atoms with Crippen molar-refractivity contribution in [3.05, 3.63) is 58.4 Å². The lowest BCUT2D eigenvalue weighted by molar-refractivity contribution is 0.279. The summed E-state index contributed by atoms with van der Waals surface area (Å²) in [5.41, 5.74) is 1.42. The Kier molecular flexibility index (Phi) is 8.85. The third kappa shape index (κ3) is 6.38. The van der Waals surface area contributed by atoms with Gasteiger partial charge in [-0.05, 0) is 30.8 Å². The van der Waals surface area contributed by atoms with E-state index in [1.54, 1.807) is 31.4 Å². The fourth-order valence-electron chi connectivity index (χ4n) is 2.76. The molecule has 2 aromatic rings. The van der Waals surface area contributed by atoms with Gasteiger partial charge in [0.05, 0.1) is 7.11 Å². The summed E-state index contributed by atoms with van der Waals surface area (Å²) in [6.45, 7) is 9.03. The molecule has 2 aromatic carbocycles. The van der Waals surface area contributed by atoms with Crippen LogP contribution in [0.15, 0.2) is 36.4 Å². The van der Waals surface area contributed by atoms with E-state index in [0.29, 0.717) is 28.6 Å². The molecule has 1 N–H and O–H groups in total. The number of rotatable bonds is 11. The molecule has 148 valence electrons. The number of methoxy groups -OCH3 is 1. The number of benzene rings is 2. The summed E-state index contributed by atoms with van der Waals surface area (Å²) in [5.74, 6) is 0.783. The minimum absolute atomic E-state index is 0.112. The van der Waals surface area contributed by atoms with E-state index in [-0.39, 0.29) is 12.4 Å². The van der Waals surface area contributed by atoms with Gasteiger partial charge < -0.3 is 19.7 Å². The van der Waals surface area contributed by atoms with Crippen molar-refractivity contribution in [1.29, 1.82) is 0 Å². The minimum Gasteiger partial charge on any atom is -0.493 e. The van der Waals surface area contributed by atoms with Gasteiger partial charge in [0.2, 0.25) is 0 Å². The number of nitrogens with one attached hydrogen (secondary N) is 1. The van der Waals surface area contributed by atoms with Crippen LogP contribution in [-0.4, -0.2) is 38.2 Å². The van der Waals surface area contributed by atoms with Crippen molar-refractivity contribution < 1.29 is 13.9 Å². The highest BCUT2D eigenvalue weighted by Gasteiger charge is 2.12. The Morgan fingerprint density at radius 1 is 1.07 bits per heavy atom. The van der Waals surface area contributed by atoms with Gasteiger partial charge in [0.15, 0.2) is 11.5 Å². The predicted molar refractivity (Wildman–Crippen MR) is 108 cm³/mol. The molecule has 0 atom stereocenters. The average Bonchev–Trinajstić information content (AvgIpc) is 2.68. The molecule has 0 radical (unpaired) electrons. The summed E-state index contributed by atoms with van der Waals surface area (Å²) in [6, 6.07) is 10.1. The first-order valence-electron chi connectivity index (χ1n) is 9.24. The zero-order valence-electron chi connectivity index (χ0n) is 16.2. The van der Waals surface area contributed by atoms with Gasteiger partial charge in [0, 0.05) is 36.3 Å². The zero-order valence-corrected chi connectivity index (χ0v) is 17.0. The van der Waals surface area contributed by atoms with E-state index in [2.05, 4.69) is 24.1 Å². The fourth-order valence-corrected chi connectivity index (χ4v) is 2.98. The van der Waals surface area contributed by atoms with Crippen molar-refractivity contribution in [2.75, 3.05) is 33.3 Å². The van der Waals surface area contributed by atoms with E-state index >= 15 is 0 Å². The Morgan fingerprint density at radius 3 is 2.48 bits per heavy atom. The molecule has 0 saturated heterocycles. The second-order valence-corrected chi connectivity index (χ2v) is 6.59. The van der Waals surface area contributed by atoms with Crippen LogP contribution in [0.25, 0.3) is 0 Å². The van der Waals surface area contributed by atoms with Crippen molar-refractivity contribution in [1.82, 2.24) is 10.2 Å². The van der Waals surface area contributed by atoms with Gasteiger partial charge in [0.25, 0.3) is 0 Å². The average molecular weight is 395 g/mol. The van der Waals surface area contributed by atoms with Crippen LogP contribution < -0.4 is 14.8 Å². The topological polar surface area (TPSA) is 33.7 Å². The molecule has 0 fully saturated rings. The smallest absolute Gasteiger partial charge is 0.163 e. The SMILES string of the molecule is CCN(CC)CCNCc1cc(OC)c(OCc2ccccc2F)cc1Cl. The van der Waals surface area contributed by atoms with E-state index in [4.69, 9.17) is 21.1 Å². The molecule has 2 rings (SSSR count). The molecule has 0 spiro atoms. The van der Waals surface area contributed by atoms with Crippen LogP contribution in [-0.2, 0) is 13.2 Å². The highest BCUT2D eigenvalue weighted by Crippen LogP contribution is 2.34. The first-order valence-corrected chi connectivity index (χ1v) is 9.62. The lowest BCUT2D eigenvalue weighted by atomic mass is 10.2. The van der Waals surface area contributed by atoms with Crippen LogP contribution in [0, 0.1) is 5.82 Å². The van der Waals surface area contributed by atoms with E-state index in [0.717, 1.165) is 31.7 Å². The lowest BCUT2D eigenvalue weighted by Gasteiger charge is -2.18. The Morgan fingerprint density at radius 2 is 1.81 bits per heavy atom. The zero-order chi connectivity index (χ0) is 19.6. The van der Waals surface area contributed by atoms with Gasteiger partial charge in [0.1, 0.15) is 12.4 Å². The van der Waals surface area contributed by atoms with Gasteiger partial charge in [-0.15, -0.1) is 0 Å². The lowest BCUT2D eigenvalue weighted by Crippen LogP contribution is -2.31. The molecule has 0 unspecified atom stereocenters. The van der Waals surface area contributed by atoms with Crippen LogP contribution in [0.1, 0.15) is 25.0 Å². The first-order chi connectivity index (χ1) is 13.1. The monoisotopic (exact) mass is 394 g/mol. The predicted octanol–water partition coefficient (Wildman–Crippen LogP) is 4.50. The Labute approximate surface area is 166 Å². The molecule has 0 bridgehead atoms. The summed E-state index contributed by atoms with van der Waals surface area (Å²) < 4.78 is 24.9. The van der Waals surface area contributed by atoms with Crippen molar-refractivity contribution in [3.8, 4) is 11.5 Å². The number of ether oxygens (including phenoxy) is 2. The molecule has 0 heterocycles. The highest BCUT2D eigenvalue weighted by molar-refractivity contribution is 6.31. The van der Waals surface area contributed by atoms with Crippen LogP contribution in [0.5, 0.6) is 11.5 Å². The number of hydrogen-bond acceptors (Lipinski definition) is 4. The molecular formula is C21H28ClFN2O2. The molecule has 0 aliphatic rings. The van der Waals surface area contributed by atoms with Crippen LogP contribution in [0.2, 0.25) is 5.02 Å². The van der Waals surface area contributed by atoms with Gasteiger partial charge in [-0.25, -0.2) is 4.39 Å². The summed E-state index contributed by atoms with van der Waals surface area (Å²) in [6.07, 6.45) is 0. The fraction of sp³-hybridized carbons (Fsp3) is 0.429. The second-order valence-electron chi connectivity index (χ2n) is 6.18. The quantitative estimate of drug-likeness (QED) is 0.569. The summed E-state index contributed by atoms with van der Waals surface area (Å²) >= 11 is 6.41. The van der Waals surface area contributed by atoms with Crippen molar-refractivity contribution in [2.45, 2.75) is 27.0 Å². The molecule has 0 amide bonds. The van der Waals surface area contributed by atoms with E-state index in [1.807, 2.05) is 6.07 Å². The number of likely N-dealkylation sites (N-methyl/N-ethyl adjacent to an activating group) is 1. The maximum atomic E-state index is 13.8. The minimum atomic E-state index is -0.295. The van der Waals surface area contributed by atoms with Crippen LogP contribution in [0.4, 0.5) is 4.39 Å². The van der Waals surface area contributed by atoms with Crippen LogP contribution in [0.3, 0.4) is 0 Å². The number of halogens is 2. The van der Waals surface area contributed by atoms with Gasteiger partial charge in [-0.1, -0.05) is 43.6 Å². The summed E-state index contributed by atoms with van der Waals surface area (Å²) in [4.78, 5) is 2.36. The van der Waals surface area contributed by atoms with Crippen molar-refractivity contribution in [3.63, 3.8) is 0 Å². The summed E-state index contributed by atoms with van der Waals surface area (Å²) in [5, 5.41) is 4.00. The third-order valence-electron chi connectivity index (χ3n) is 4.49. The normalized spacial score (nSPS) is 11.0. The molecule has 27 heavy (non-hydrogen) atoms. The van der Waals surface area contributed by atoms with Gasteiger partial charge in [-0.2, -0.15) is 0 Å². The molecule has 0 saturated carbocycles. The molecular weight excluding hydrogens is 367 g/mol.